The second-order valence-corrected chi connectivity index (χ2v) is 6.47. The maximum atomic E-state index is 13.1. The molecule has 1 atom stereocenters. The lowest BCUT2D eigenvalue weighted by atomic mass is 10.0. The van der Waals surface area contributed by atoms with Crippen LogP contribution in [-0.2, 0) is 7.05 Å². The highest BCUT2D eigenvalue weighted by molar-refractivity contribution is 6.30. The number of hydrogen-bond acceptors (Lipinski definition) is 4. The van der Waals surface area contributed by atoms with E-state index in [1.807, 2.05) is 31.0 Å². The van der Waals surface area contributed by atoms with Gasteiger partial charge in [-0.2, -0.15) is 5.10 Å². The summed E-state index contributed by atoms with van der Waals surface area (Å²) < 4.78 is 12.5. The molecule has 1 fully saturated rings. The van der Waals surface area contributed by atoms with Gasteiger partial charge in [0.1, 0.15) is 5.15 Å². The Bertz CT molecular complexity index is 818. The van der Waals surface area contributed by atoms with Crippen LogP contribution in [0.2, 0.25) is 5.15 Å². The predicted molar refractivity (Wildman–Crippen MR) is 88.5 cm³/mol. The highest BCUT2D eigenvalue weighted by Gasteiger charge is 2.36. The number of amides is 1. The van der Waals surface area contributed by atoms with E-state index in [1.165, 1.54) is 0 Å². The van der Waals surface area contributed by atoms with Crippen molar-refractivity contribution in [2.45, 2.75) is 25.8 Å². The minimum absolute atomic E-state index is 0.0563. The Kier molecular flexibility index (Phi) is 3.64. The van der Waals surface area contributed by atoms with Crippen molar-refractivity contribution in [1.29, 1.82) is 0 Å². The largest absolute Gasteiger partial charge is 0.454 e. The van der Waals surface area contributed by atoms with Crippen molar-refractivity contribution in [3.8, 4) is 11.5 Å². The molecule has 0 bridgehead atoms. The summed E-state index contributed by atoms with van der Waals surface area (Å²) in [5.41, 5.74) is 2.34. The van der Waals surface area contributed by atoms with E-state index in [0.29, 0.717) is 28.8 Å². The molecule has 2 aliphatic heterocycles. The van der Waals surface area contributed by atoms with E-state index in [0.717, 1.165) is 24.1 Å². The number of carbonyl (C=O) groups is 1. The average Bonchev–Trinajstić information content (AvgIpc) is 3.26. The average molecular weight is 348 g/mol. The molecule has 0 aliphatic carbocycles. The number of fused-ring (bicyclic) bond motifs is 1. The Morgan fingerprint density at radius 3 is 2.96 bits per heavy atom. The van der Waals surface area contributed by atoms with Gasteiger partial charge in [-0.25, -0.2) is 0 Å². The molecule has 6 nitrogen and oxygen atoms in total. The third-order valence-corrected chi connectivity index (χ3v) is 5.12. The SMILES string of the molecule is Cc1nn(C)c(Cl)c1[C@@H]1CCCN1C(=O)c1cccc2c1OCO2. The Morgan fingerprint density at radius 2 is 2.21 bits per heavy atom. The molecule has 0 radical (unpaired) electrons. The van der Waals surface area contributed by atoms with Crippen LogP contribution in [0.3, 0.4) is 0 Å². The summed E-state index contributed by atoms with van der Waals surface area (Å²) in [6.07, 6.45) is 1.82. The monoisotopic (exact) mass is 347 g/mol. The van der Waals surface area contributed by atoms with Gasteiger partial charge in [-0.05, 0) is 31.9 Å². The first kappa shape index (κ1) is 15.3. The fraction of sp³-hybridized carbons (Fsp3) is 0.412. The van der Waals surface area contributed by atoms with Gasteiger partial charge in [0.2, 0.25) is 6.79 Å². The zero-order valence-corrected chi connectivity index (χ0v) is 14.3. The highest BCUT2D eigenvalue weighted by Crippen LogP contribution is 2.41. The van der Waals surface area contributed by atoms with Crippen LogP contribution in [0.5, 0.6) is 11.5 Å². The van der Waals surface area contributed by atoms with Gasteiger partial charge < -0.3 is 14.4 Å². The number of rotatable bonds is 2. The number of hydrogen-bond donors (Lipinski definition) is 0. The van der Waals surface area contributed by atoms with Crippen molar-refractivity contribution in [3.05, 3.63) is 40.2 Å². The molecule has 1 amide bonds. The molecule has 0 saturated carbocycles. The maximum Gasteiger partial charge on any atom is 0.258 e. The molecule has 0 unspecified atom stereocenters. The Morgan fingerprint density at radius 1 is 1.38 bits per heavy atom. The summed E-state index contributed by atoms with van der Waals surface area (Å²) in [5, 5.41) is 4.97. The number of ether oxygens (including phenoxy) is 2. The van der Waals surface area contributed by atoms with Crippen LogP contribution in [0.1, 0.15) is 40.5 Å². The molecule has 126 valence electrons. The summed E-state index contributed by atoms with van der Waals surface area (Å²) in [6, 6.07) is 5.34. The van der Waals surface area contributed by atoms with Crippen molar-refractivity contribution in [2.24, 2.45) is 7.05 Å². The van der Waals surface area contributed by atoms with Gasteiger partial charge in [0.15, 0.2) is 11.5 Å². The molecule has 24 heavy (non-hydrogen) atoms. The van der Waals surface area contributed by atoms with Gasteiger partial charge in [0, 0.05) is 19.2 Å². The molecule has 2 aromatic rings. The quantitative estimate of drug-likeness (QED) is 0.837. The van der Waals surface area contributed by atoms with E-state index >= 15 is 0 Å². The molecule has 1 aromatic heterocycles. The summed E-state index contributed by atoms with van der Waals surface area (Å²) in [5.74, 6) is 1.09. The molecule has 2 aliphatic rings. The van der Waals surface area contributed by atoms with Crippen LogP contribution in [0.15, 0.2) is 18.2 Å². The molecule has 3 heterocycles. The van der Waals surface area contributed by atoms with E-state index < -0.39 is 0 Å². The Labute approximate surface area is 144 Å². The highest BCUT2D eigenvalue weighted by atomic mass is 35.5. The first-order valence-corrected chi connectivity index (χ1v) is 8.34. The minimum Gasteiger partial charge on any atom is -0.454 e. The van der Waals surface area contributed by atoms with Crippen molar-refractivity contribution < 1.29 is 14.3 Å². The number of halogens is 1. The summed E-state index contributed by atoms with van der Waals surface area (Å²) >= 11 is 6.42. The molecule has 1 aromatic carbocycles. The van der Waals surface area contributed by atoms with E-state index in [4.69, 9.17) is 21.1 Å². The number of nitrogens with zero attached hydrogens (tertiary/aromatic N) is 3. The summed E-state index contributed by atoms with van der Waals surface area (Å²) in [4.78, 5) is 15.0. The molecule has 4 rings (SSSR count). The number of para-hydroxylation sites is 1. The third kappa shape index (κ3) is 2.24. The van der Waals surface area contributed by atoms with Crippen molar-refractivity contribution in [3.63, 3.8) is 0 Å². The number of aryl methyl sites for hydroxylation is 2. The van der Waals surface area contributed by atoms with E-state index in [2.05, 4.69) is 5.10 Å². The van der Waals surface area contributed by atoms with Gasteiger partial charge in [-0.1, -0.05) is 17.7 Å². The predicted octanol–water partition coefficient (Wildman–Crippen LogP) is 3.09. The third-order valence-electron chi connectivity index (χ3n) is 4.67. The van der Waals surface area contributed by atoms with E-state index in [-0.39, 0.29) is 18.7 Å². The number of aromatic nitrogens is 2. The Hall–Kier alpha value is -2.21. The lowest BCUT2D eigenvalue weighted by Gasteiger charge is -2.25. The lowest BCUT2D eigenvalue weighted by molar-refractivity contribution is 0.0730. The second kappa shape index (κ2) is 5.70. The number of likely N-dealkylation sites (tertiary alicyclic amines) is 1. The Balaban J connectivity index is 1.71. The minimum atomic E-state index is -0.0584. The van der Waals surface area contributed by atoms with Gasteiger partial charge in [0.05, 0.1) is 17.3 Å². The lowest BCUT2D eigenvalue weighted by Crippen LogP contribution is -2.31. The molecule has 0 N–H and O–H groups in total. The van der Waals surface area contributed by atoms with Crippen LogP contribution < -0.4 is 9.47 Å². The normalized spacial score (nSPS) is 19.1. The van der Waals surface area contributed by atoms with Crippen molar-refractivity contribution in [2.75, 3.05) is 13.3 Å². The first-order valence-electron chi connectivity index (χ1n) is 7.96. The maximum absolute atomic E-state index is 13.1. The summed E-state index contributed by atoms with van der Waals surface area (Å²) in [7, 11) is 1.81. The standard InChI is InChI=1S/C17H18ClN3O3/c1-10-14(16(18)20(2)19-10)12-6-4-8-21(12)17(22)11-5-3-7-13-15(11)24-9-23-13/h3,5,7,12H,4,6,8-9H2,1-2H3/t12-/m0/s1. The van der Waals surface area contributed by atoms with Gasteiger partial charge in [0.25, 0.3) is 5.91 Å². The molecule has 1 saturated heterocycles. The van der Waals surface area contributed by atoms with Crippen LogP contribution >= 0.6 is 11.6 Å². The van der Waals surface area contributed by atoms with Gasteiger partial charge in [-0.15, -0.1) is 0 Å². The topological polar surface area (TPSA) is 56.6 Å². The van der Waals surface area contributed by atoms with Gasteiger partial charge in [-0.3, -0.25) is 9.48 Å². The molecule has 7 heteroatoms. The fourth-order valence-corrected chi connectivity index (χ4v) is 3.89. The van der Waals surface area contributed by atoms with Crippen LogP contribution in [-0.4, -0.2) is 33.9 Å². The van der Waals surface area contributed by atoms with E-state index in [1.54, 1.807) is 10.7 Å². The second-order valence-electron chi connectivity index (χ2n) is 6.11. The van der Waals surface area contributed by atoms with Crippen LogP contribution in [0, 0.1) is 6.92 Å². The van der Waals surface area contributed by atoms with Crippen LogP contribution in [0.4, 0.5) is 0 Å². The molecular formula is C17H18ClN3O3. The van der Waals surface area contributed by atoms with Gasteiger partial charge >= 0.3 is 0 Å². The van der Waals surface area contributed by atoms with Crippen molar-refractivity contribution >= 4 is 17.5 Å². The number of benzene rings is 1. The number of carbonyl (C=O) groups excluding carboxylic acids is 1. The fourth-order valence-electron chi connectivity index (χ4n) is 3.59. The zero-order valence-electron chi connectivity index (χ0n) is 13.6. The van der Waals surface area contributed by atoms with Crippen LogP contribution in [0.25, 0.3) is 0 Å². The molecule has 0 spiro atoms. The van der Waals surface area contributed by atoms with Crippen molar-refractivity contribution in [1.82, 2.24) is 14.7 Å². The summed E-state index contributed by atoms with van der Waals surface area (Å²) in [6.45, 7) is 2.77. The molecular weight excluding hydrogens is 330 g/mol. The van der Waals surface area contributed by atoms with E-state index in [9.17, 15) is 4.79 Å². The first-order chi connectivity index (χ1) is 11.6. The zero-order chi connectivity index (χ0) is 16.8. The smallest absolute Gasteiger partial charge is 0.258 e.